The molecule has 1 fully saturated rings. The Morgan fingerprint density at radius 3 is 2.39 bits per heavy atom. The van der Waals surface area contributed by atoms with Crippen molar-refractivity contribution in [3.05, 3.63) is 71.4 Å². The van der Waals surface area contributed by atoms with E-state index in [9.17, 15) is 18.4 Å². The third-order valence-electron chi connectivity index (χ3n) is 5.23. The summed E-state index contributed by atoms with van der Waals surface area (Å²) in [4.78, 5) is 29.5. The van der Waals surface area contributed by atoms with Crippen LogP contribution in [0.25, 0.3) is 5.57 Å². The highest BCUT2D eigenvalue weighted by Gasteiger charge is 2.43. The van der Waals surface area contributed by atoms with Crippen LogP contribution in [0.4, 0.5) is 14.5 Å². The minimum Gasteiger partial charge on any atom is -0.366 e. The van der Waals surface area contributed by atoms with Gasteiger partial charge >= 0.3 is 0 Å². The summed E-state index contributed by atoms with van der Waals surface area (Å²) in [6.45, 7) is 3.44. The molecule has 4 rings (SSSR count). The Bertz CT molecular complexity index is 969. The topological polar surface area (TPSA) is 40.6 Å². The SMILES string of the molecule is CC1CCCN(C2=C(c3ccc(F)cc3)C(=O)N(c3cccc(F)c3)C2=O)C1. The molecule has 2 aliphatic heterocycles. The van der Waals surface area contributed by atoms with Gasteiger partial charge in [-0.2, -0.15) is 0 Å². The number of imide groups is 1. The first kappa shape index (κ1) is 18.3. The molecular formula is C22H20F2N2O2. The first-order valence-electron chi connectivity index (χ1n) is 9.35. The highest BCUT2D eigenvalue weighted by Crippen LogP contribution is 2.36. The maximum Gasteiger partial charge on any atom is 0.282 e. The lowest BCUT2D eigenvalue weighted by molar-refractivity contribution is -0.120. The van der Waals surface area contributed by atoms with E-state index in [0.717, 1.165) is 17.7 Å². The normalized spacial score (nSPS) is 20.3. The highest BCUT2D eigenvalue weighted by molar-refractivity contribution is 6.45. The van der Waals surface area contributed by atoms with E-state index in [1.54, 1.807) is 0 Å². The van der Waals surface area contributed by atoms with Crippen LogP contribution >= 0.6 is 0 Å². The number of likely N-dealkylation sites (tertiary alicyclic amines) is 1. The first-order chi connectivity index (χ1) is 13.5. The molecule has 2 aromatic carbocycles. The van der Waals surface area contributed by atoms with Gasteiger partial charge in [0.05, 0.1) is 11.3 Å². The number of carbonyl (C=O) groups is 2. The number of amides is 2. The Hall–Kier alpha value is -3.02. The lowest BCUT2D eigenvalue weighted by atomic mass is 9.98. The Balaban J connectivity index is 1.83. The van der Waals surface area contributed by atoms with Gasteiger partial charge in [0.2, 0.25) is 0 Å². The summed E-state index contributed by atoms with van der Waals surface area (Å²) in [6, 6.07) is 10.9. The molecule has 2 amide bonds. The third kappa shape index (κ3) is 3.19. The van der Waals surface area contributed by atoms with Gasteiger partial charge in [0.25, 0.3) is 11.8 Å². The van der Waals surface area contributed by atoms with E-state index in [-0.39, 0.29) is 11.3 Å². The molecule has 0 aliphatic carbocycles. The summed E-state index contributed by atoms with van der Waals surface area (Å²) in [6.07, 6.45) is 1.98. The summed E-state index contributed by atoms with van der Waals surface area (Å²) in [5, 5.41) is 0. The van der Waals surface area contributed by atoms with Crippen LogP contribution in [0.15, 0.2) is 54.2 Å². The van der Waals surface area contributed by atoms with Gasteiger partial charge in [0.1, 0.15) is 17.3 Å². The van der Waals surface area contributed by atoms with Gasteiger partial charge in [-0.05, 0) is 54.7 Å². The molecule has 1 atom stereocenters. The van der Waals surface area contributed by atoms with E-state index in [1.165, 1.54) is 48.5 Å². The molecule has 6 heteroatoms. The first-order valence-corrected chi connectivity index (χ1v) is 9.35. The van der Waals surface area contributed by atoms with Crippen LogP contribution in [0, 0.1) is 17.6 Å². The van der Waals surface area contributed by atoms with E-state index in [4.69, 9.17) is 0 Å². The molecule has 0 spiro atoms. The van der Waals surface area contributed by atoms with Crippen molar-refractivity contribution in [2.24, 2.45) is 5.92 Å². The lowest BCUT2D eigenvalue weighted by Gasteiger charge is -2.33. The quantitative estimate of drug-likeness (QED) is 0.754. The number of halogens is 2. The Morgan fingerprint density at radius 1 is 0.964 bits per heavy atom. The lowest BCUT2D eigenvalue weighted by Crippen LogP contribution is -2.39. The van der Waals surface area contributed by atoms with E-state index >= 15 is 0 Å². The zero-order valence-corrected chi connectivity index (χ0v) is 15.5. The van der Waals surface area contributed by atoms with Crippen molar-refractivity contribution in [3.8, 4) is 0 Å². The van der Waals surface area contributed by atoms with Crippen molar-refractivity contribution in [2.75, 3.05) is 18.0 Å². The number of benzene rings is 2. The zero-order chi connectivity index (χ0) is 19.8. The molecule has 144 valence electrons. The number of hydrogen-bond acceptors (Lipinski definition) is 3. The number of anilines is 1. The van der Waals surface area contributed by atoms with Crippen LogP contribution in [0.1, 0.15) is 25.3 Å². The number of hydrogen-bond donors (Lipinski definition) is 0. The number of rotatable bonds is 3. The summed E-state index contributed by atoms with van der Waals surface area (Å²) >= 11 is 0. The summed E-state index contributed by atoms with van der Waals surface area (Å²) < 4.78 is 27.1. The molecule has 2 aliphatic rings. The minimum atomic E-state index is -0.526. The summed E-state index contributed by atoms with van der Waals surface area (Å²) in [5.74, 6) is -1.54. The summed E-state index contributed by atoms with van der Waals surface area (Å²) in [5.41, 5.74) is 1.22. The molecule has 2 heterocycles. The second kappa shape index (κ2) is 7.19. The Labute approximate surface area is 162 Å². The molecule has 0 saturated carbocycles. The number of nitrogens with zero attached hydrogens (tertiary/aromatic N) is 2. The largest absolute Gasteiger partial charge is 0.366 e. The highest BCUT2D eigenvalue weighted by atomic mass is 19.1. The van der Waals surface area contributed by atoms with Gasteiger partial charge in [-0.3, -0.25) is 9.59 Å². The van der Waals surface area contributed by atoms with Crippen LogP contribution in [-0.4, -0.2) is 29.8 Å². The average Bonchev–Trinajstić information content (AvgIpc) is 2.93. The van der Waals surface area contributed by atoms with Crippen LogP contribution in [0.5, 0.6) is 0 Å². The molecule has 28 heavy (non-hydrogen) atoms. The standard InChI is InChI=1S/C22H20F2N2O2/c1-14-4-3-11-25(13-14)20-19(15-7-9-16(23)10-8-15)21(27)26(22(20)28)18-6-2-5-17(24)12-18/h2,5-10,12,14H,3-4,11,13H2,1H3. The molecule has 1 saturated heterocycles. The molecule has 0 aromatic heterocycles. The van der Waals surface area contributed by atoms with Gasteiger partial charge in [-0.25, -0.2) is 13.7 Å². The molecule has 0 bridgehead atoms. The molecular weight excluding hydrogens is 362 g/mol. The van der Waals surface area contributed by atoms with Crippen molar-refractivity contribution in [3.63, 3.8) is 0 Å². The van der Waals surface area contributed by atoms with Gasteiger partial charge in [-0.15, -0.1) is 0 Å². The Morgan fingerprint density at radius 2 is 1.71 bits per heavy atom. The monoisotopic (exact) mass is 382 g/mol. The maximum atomic E-state index is 13.7. The summed E-state index contributed by atoms with van der Waals surface area (Å²) in [7, 11) is 0. The van der Waals surface area contributed by atoms with Gasteiger partial charge in [-0.1, -0.05) is 25.1 Å². The number of carbonyl (C=O) groups excluding carboxylic acids is 2. The van der Waals surface area contributed by atoms with Gasteiger partial charge < -0.3 is 4.90 Å². The molecule has 2 aromatic rings. The van der Waals surface area contributed by atoms with Crippen molar-refractivity contribution >= 4 is 23.1 Å². The molecule has 1 unspecified atom stereocenters. The van der Waals surface area contributed by atoms with Crippen molar-refractivity contribution in [1.82, 2.24) is 4.90 Å². The predicted molar refractivity (Wildman–Crippen MR) is 102 cm³/mol. The Kier molecular flexibility index (Phi) is 4.71. The fraction of sp³-hybridized carbons (Fsp3) is 0.273. The van der Waals surface area contributed by atoms with Crippen LogP contribution in [0.3, 0.4) is 0 Å². The van der Waals surface area contributed by atoms with Crippen molar-refractivity contribution in [2.45, 2.75) is 19.8 Å². The average molecular weight is 382 g/mol. The van der Waals surface area contributed by atoms with Gasteiger partial charge in [0, 0.05) is 13.1 Å². The maximum absolute atomic E-state index is 13.7. The van der Waals surface area contributed by atoms with Gasteiger partial charge in [0.15, 0.2) is 0 Å². The van der Waals surface area contributed by atoms with Crippen molar-refractivity contribution in [1.29, 1.82) is 0 Å². The minimum absolute atomic E-state index is 0.190. The third-order valence-corrected chi connectivity index (χ3v) is 5.23. The smallest absolute Gasteiger partial charge is 0.282 e. The molecule has 4 nitrogen and oxygen atoms in total. The van der Waals surface area contributed by atoms with E-state index in [1.807, 2.05) is 4.90 Å². The van der Waals surface area contributed by atoms with E-state index in [2.05, 4.69) is 6.92 Å². The fourth-order valence-corrected chi connectivity index (χ4v) is 3.93. The van der Waals surface area contributed by atoms with Crippen molar-refractivity contribution < 1.29 is 18.4 Å². The number of piperidine rings is 1. The fourth-order valence-electron chi connectivity index (χ4n) is 3.93. The molecule has 0 radical (unpaired) electrons. The van der Waals surface area contributed by atoms with Crippen LogP contribution in [0.2, 0.25) is 0 Å². The van der Waals surface area contributed by atoms with E-state index in [0.29, 0.717) is 30.3 Å². The van der Waals surface area contributed by atoms with Crippen LogP contribution in [-0.2, 0) is 9.59 Å². The second-order valence-corrected chi connectivity index (χ2v) is 7.35. The van der Waals surface area contributed by atoms with Crippen LogP contribution < -0.4 is 4.90 Å². The second-order valence-electron chi connectivity index (χ2n) is 7.35. The molecule has 0 N–H and O–H groups in total. The zero-order valence-electron chi connectivity index (χ0n) is 15.5. The van der Waals surface area contributed by atoms with E-state index < -0.39 is 23.4 Å². The predicted octanol–water partition coefficient (Wildman–Crippen LogP) is 3.98.